The first-order chi connectivity index (χ1) is 14.9. The molecular weight excluding hydrogens is 486 g/mol. The van der Waals surface area contributed by atoms with Crippen molar-refractivity contribution in [2.24, 2.45) is 5.10 Å². The zero-order valence-electron chi connectivity index (χ0n) is 17.1. The zero-order valence-corrected chi connectivity index (χ0v) is 19.4. The minimum absolute atomic E-state index is 0.247. The molecule has 0 amide bonds. The van der Waals surface area contributed by atoms with Crippen molar-refractivity contribution in [1.82, 2.24) is 9.66 Å². The second kappa shape index (κ2) is 10.5. The van der Waals surface area contributed by atoms with Gasteiger partial charge in [-0.15, -0.1) is 0 Å². The number of rotatable bonds is 8. The third-order valence-electron chi connectivity index (χ3n) is 4.28. The highest BCUT2D eigenvalue weighted by atomic mass is 79.9. The third-order valence-corrected chi connectivity index (χ3v) is 5.01. The van der Waals surface area contributed by atoms with Crippen molar-refractivity contribution in [2.45, 2.75) is 26.7 Å². The lowest BCUT2D eigenvalue weighted by Gasteiger charge is -2.10. The molecule has 0 saturated heterocycles. The van der Waals surface area contributed by atoms with Gasteiger partial charge in [0.1, 0.15) is 11.6 Å². The van der Waals surface area contributed by atoms with Crippen LogP contribution in [0.4, 0.5) is 0 Å². The second-order valence-electron chi connectivity index (χ2n) is 6.58. The second-order valence-corrected chi connectivity index (χ2v) is 7.93. The topological polar surface area (TPSA) is 82.8 Å². The number of esters is 1. The molecular formula is C22H21BrClN3O4. The number of aromatic nitrogens is 2. The van der Waals surface area contributed by atoms with E-state index in [4.69, 9.17) is 21.1 Å². The summed E-state index contributed by atoms with van der Waals surface area (Å²) in [5.74, 6) is 0.462. The Morgan fingerprint density at radius 2 is 2.06 bits per heavy atom. The summed E-state index contributed by atoms with van der Waals surface area (Å²) in [6.07, 6.45) is 2.85. The molecule has 0 N–H and O–H groups in total. The van der Waals surface area contributed by atoms with E-state index in [2.05, 4.69) is 26.0 Å². The summed E-state index contributed by atoms with van der Waals surface area (Å²) in [4.78, 5) is 29.3. The molecule has 9 heteroatoms. The minimum atomic E-state index is -0.480. The molecule has 0 aliphatic heterocycles. The Labute approximate surface area is 192 Å². The Hall–Kier alpha value is -2.71. The average molecular weight is 507 g/mol. The van der Waals surface area contributed by atoms with Crippen LogP contribution in [0.5, 0.6) is 5.75 Å². The highest BCUT2D eigenvalue weighted by molar-refractivity contribution is 9.10. The van der Waals surface area contributed by atoms with Crippen LogP contribution in [0, 0.1) is 0 Å². The van der Waals surface area contributed by atoms with E-state index in [0.29, 0.717) is 39.5 Å². The lowest BCUT2D eigenvalue weighted by Crippen LogP contribution is -2.22. The molecule has 7 nitrogen and oxygen atoms in total. The number of hydrogen-bond donors (Lipinski definition) is 0. The van der Waals surface area contributed by atoms with E-state index in [0.717, 1.165) is 10.9 Å². The number of benzene rings is 2. The van der Waals surface area contributed by atoms with Crippen LogP contribution in [-0.4, -0.2) is 35.1 Å². The van der Waals surface area contributed by atoms with Crippen LogP contribution in [-0.2, 0) is 16.0 Å². The predicted molar refractivity (Wildman–Crippen MR) is 124 cm³/mol. The van der Waals surface area contributed by atoms with Gasteiger partial charge in [-0.1, -0.05) is 34.5 Å². The number of nitrogens with zero attached hydrogens (tertiary/aromatic N) is 3. The zero-order chi connectivity index (χ0) is 22.4. The van der Waals surface area contributed by atoms with Crippen LogP contribution in [0.3, 0.4) is 0 Å². The predicted octanol–water partition coefficient (Wildman–Crippen LogP) is 4.59. The molecule has 2 aromatic carbocycles. The van der Waals surface area contributed by atoms with Gasteiger partial charge in [0.15, 0.2) is 6.61 Å². The summed E-state index contributed by atoms with van der Waals surface area (Å²) >= 11 is 9.51. The number of aryl methyl sites for hydroxylation is 1. The summed E-state index contributed by atoms with van der Waals surface area (Å²) in [5.41, 5.74) is 0.854. The quantitative estimate of drug-likeness (QED) is 0.330. The smallest absolute Gasteiger partial charge is 0.344 e. The molecule has 0 spiro atoms. The molecule has 0 aliphatic carbocycles. The highest BCUT2D eigenvalue weighted by Crippen LogP contribution is 2.22. The number of carbonyl (C=O) groups excluding carboxylic acids is 1. The molecule has 1 heterocycles. The van der Waals surface area contributed by atoms with Crippen molar-refractivity contribution in [3.05, 3.63) is 67.6 Å². The number of ether oxygens (including phenoxy) is 2. The van der Waals surface area contributed by atoms with Gasteiger partial charge in [0.25, 0.3) is 5.56 Å². The van der Waals surface area contributed by atoms with Gasteiger partial charge in [-0.05, 0) is 49.7 Å². The standard InChI is InChI=1S/C22H21BrClN3O4/c1-3-5-20-26-18-8-6-15(23)11-17(18)22(29)27(20)25-12-14-10-16(24)7-9-19(14)31-13-21(28)30-4-2/h6-12H,3-5,13H2,1-2H3. The van der Waals surface area contributed by atoms with E-state index >= 15 is 0 Å². The van der Waals surface area contributed by atoms with Gasteiger partial charge in [-0.2, -0.15) is 9.78 Å². The van der Waals surface area contributed by atoms with Crippen molar-refractivity contribution in [1.29, 1.82) is 0 Å². The van der Waals surface area contributed by atoms with E-state index < -0.39 is 5.97 Å². The van der Waals surface area contributed by atoms with Crippen molar-refractivity contribution < 1.29 is 14.3 Å². The fraction of sp³-hybridized carbons (Fsp3) is 0.273. The Morgan fingerprint density at radius 3 is 2.81 bits per heavy atom. The molecule has 0 radical (unpaired) electrons. The van der Waals surface area contributed by atoms with Gasteiger partial charge < -0.3 is 9.47 Å². The van der Waals surface area contributed by atoms with Crippen LogP contribution in [0.2, 0.25) is 5.02 Å². The van der Waals surface area contributed by atoms with Crippen molar-refractivity contribution in [2.75, 3.05) is 13.2 Å². The van der Waals surface area contributed by atoms with Crippen molar-refractivity contribution in [3.8, 4) is 5.75 Å². The van der Waals surface area contributed by atoms with E-state index in [1.807, 2.05) is 13.0 Å². The third kappa shape index (κ3) is 5.71. The molecule has 3 aromatic rings. The fourth-order valence-corrected chi connectivity index (χ4v) is 3.45. The van der Waals surface area contributed by atoms with Crippen molar-refractivity contribution >= 4 is 50.6 Å². The first-order valence-corrected chi connectivity index (χ1v) is 10.9. The summed E-state index contributed by atoms with van der Waals surface area (Å²) < 4.78 is 12.5. The van der Waals surface area contributed by atoms with E-state index in [9.17, 15) is 9.59 Å². The van der Waals surface area contributed by atoms with Crippen LogP contribution in [0.25, 0.3) is 10.9 Å². The number of hydrogen-bond acceptors (Lipinski definition) is 6. The van der Waals surface area contributed by atoms with Gasteiger partial charge >= 0.3 is 5.97 Å². The SMILES string of the molecule is CCCc1nc2ccc(Br)cc2c(=O)n1N=Cc1cc(Cl)ccc1OCC(=O)OCC. The summed E-state index contributed by atoms with van der Waals surface area (Å²) in [5, 5.41) is 5.31. The highest BCUT2D eigenvalue weighted by Gasteiger charge is 2.12. The molecule has 162 valence electrons. The van der Waals surface area contributed by atoms with Gasteiger partial charge in [-0.25, -0.2) is 9.78 Å². The molecule has 0 unspecified atom stereocenters. The van der Waals surface area contributed by atoms with Gasteiger partial charge in [0, 0.05) is 21.5 Å². The molecule has 0 fully saturated rings. The Kier molecular flexibility index (Phi) is 7.81. The molecule has 3 rings (SSSR count). The maximum absolute atomic E-state index is 13.1. The number of fused-ring (bicyclic) bond motifs is 1. The van der Waals surface area contributed by atoms with Crippen LogP contribution in [0.15, 0.2) is 50.8 Å². The normalized spacial score (nSPS) is 11.2. The monoisotopic (exact) mass is 505 g/mol. The largest absolute Gasteiger partial charge is 0.481 e. The number of carbonyl (C=O) groups is 1. The van der Waals surface area contributed by atoms with Crippen LogP contribution < -0.4 is 10.3 Å². The molecule has 0 atom stereocenters. The molecule has 1 aromatic heterocycles. The Balaban J connectivity index is 2.02. The van der Waals surface area contributed by atoms with E-state index in [1.54, 1.807) is 37.3 Å². The maximum atomic E-state index is 13.1. The van der Waals surface area contributed by atoms with Crippen LogP contribution >= 0.6 is 27.5 Å². The maximum Gasteiger partial charge on any atom is 0.344 e. The molecule has 0 saturated carbocycles. The first kappa shape index (κ1) is 23.0. The summed E-state index contributed by atoms with van der Waals surface area (Å²) in [6, 6.07) is 10.3. The minimum Gasteiger partial charge on any atom is -0.481 e. The van der Waals surface area contributed by atoms with Gasteiger partial charge in [-0.3, -0.25) is 4.79 Å². The van der Waals surface area contributed by atoms with E-state index in [1.165, 1.54) is 10.9 Å². The molecule has 0 bridgehead atoms. The summed E-state index contributed by atoms with van der Waals surface area (Å²) in [6.45, 7) is 3.75. The van der Waals surface area contributed by atoms with Gasteiger partial charge in [0.05, 0.1) is 23.7 Å². The van der Waals surface area contributed by atoms with Gasteiger partial charge in [0.2, 0.25) is 0 Å². The average Bonchev–Trinajstić information content (AvgIpc) is 2.74. The Morgan fingerprint density at radius 1 is 1.26 bits per heavy atom. The molecule has 0 aliphatic rings. The summed E-state index contributed by atoms with van der Waals surface area (Å²) in [7, 11) is 0. The lowest BCUT2D eigenvalue weighted by molar-refractivity contribution is -0.145. The lowest BCUT2D eigenvalue weighted by atomic mass is 10.2. The van der Waals surface area contributed by atoms with E-state index in [-0.39, 0.29) is 18.8 Å². The Bertz CT molecular complexity index is 1190. The molecule has 31 heavy (non-hydrogen) atoms. The van der Waals surface area contributed by atoms with Crippen LogP contribution in [0.1, 0.15) is 31.7 Å². The fourth-order valence-electron chi connectivity index (χ4n) is 2.91. The first-order valence-electron chi connectivity index (χ1n) is 9.76. The number of halogens is 2. The van der Waals surface area contributed by atoms with Crippen molar-refractivity contribution in [3.63, 3.8) is 0 Å².